The van der Waals surface area contributed by atoms with E-state index in [1.165, 1.54) is 0 Å². The summed E-state index contributed by atoms with van der Waals surface area (Å²) in [5.41, 5.74) is -1.39. The van der Waals surface area contributed by atoms with E-state index >= 15 is 0 Å². The van der Waals surface area contributed by atoms with E-state index in [2.05, 4.69) is 0 Å². The summed E-state index contributed by atoms with van der Waals surface area (Å²) in [6.45, 7) is 7.54. The molecule has 0 saturated carbocycles. The third-order valence-electron chi connectivity index (χ3n) is 2.39. The van der Waals surface area contributed by atoms with Gasteiger partial charge in [-0.15, -0.1) is 0 Å². The molecule has 0 aliphatic carbocycles. The zero-order chi connectivity index (χ0) is 11.4. The maximum Gasteiger partial charge on any atom is 0.123 e. The molecule has 0 saturated heterocycles. The molecular weight excluding hydrogens is 182 g/mol. The van der Waals surface area contributed by atoms with Crippen molar-refractivity contribution in [1.82, 2.24) is 4.90 Å². The zero-order valence-corrected chi connectivity index (χ0v) is 9.56. The van der Waals surface area contributed by atoms with Crippen molar-refractivity contribution in [3.8, 4) is 0 Å². The Morgan fingerprint density at radius 1 is 1.00 bits per heavy atom. The van der Waals surface area contributed by atoms with Gasteiger partial charge in [-0.1, -0.05) is 0 Å². The molecule has 0 radical (unpaired) electrons. The van der Waals surface area contributed by atoms with E-state index in [1.807, 2.05) is 32.6 Å². The molecule has 4 heteroatoms. The minimum Gasteiger partial charge on any atom is -0.393 e. The Morgan fingerprint density at radius 2 is 1.36 bits per heavy atom. The average molecular weight is 205 g/mol. The monoisotopic (exact) mass is 205 g/mol. The van der Waals surface area contributed by atoms with Crippen molar-refractivity contribution < 1.29 is 15.3 Å². The highest BCUT2D eigenvalue weighted by Crippen LogP contribution is 2.12. The lowest BCUT2D eigenvalue weighted by Gasteiger charge is -2.36. The predicted molar refractivity (Wildman–Crippen MR) is 56.1 cm³/mol. The number of rotatable bonds is 6. The molecule has 0 heterocycles. The fourth-order valence-corrected chi connectivity index (χ4v) is 1.45. The Labute approximate surface area is 86.2 Å². The maximum absolute atomic E-state index is 9.76. The van der Waals surface area contributed by atoms with Crippen LogP contribution in [0.15, 0.2) is 0 Å². The highest BCUT2D eigenvalue weighted by atomic mass is 16.4. The lowest BCUT2D eigenvalue weighted by molar-refractivity contribution is -0.0835. The molecule has 0 aliphatic heterocycles. The van der Waals surface area contributed by atoms with E-state index in [0.29, 0.717) is 0 Å². The molecule has 0 aromatic heterocycles. The Morgan fingerprint density at radius 3 is 1.57 bits per heavy atom. The summed E-state index contributed by atoms with van der Waals surface area (Å²) in [7, 11) is 0. The average Bonchev–Trinajstić information content (AvgIpc) is 2.13. The smallest absolute Gasteiger partial charge is 0.123 e. The van der Waals surface area contributed by atoms with Crippen LogP contribution in [0.25, 0.3) is 0 Å². The van der Waals surface area contributed by atoms with Crippen LogP contribution in [0.5, 0.6) is 0 Å². The van der Waals surface area contributed by atoms with Crippen molar-refractivity contribution in [3.63, 3.8) is 0 Å². The topological polar surface area (TPSA) is 63.9 Å². The van der Waals surface area contributed by atoms with E-state index in [1.54, 1.807) is 0 Å². The van der Waals surface area contributed by atoms with Gasteiger partial charge in [0.15, 0.2) is 0 Å². The van der Waals surface area contributed by atoms with Gasteiger partial charge in [-0.25, -0.2) is 0 Å². The van der Waals surface area contributed by atoms with Crippen molar-refractivity contribution in [2.24, 2.45) is 0 Å². The molecule has 4 nitrogen and oxygen atoms in total. The molecule has 86 valence electrons. The molecule has 0 rings (SSSR count). The van der Waals surface area contributed by atoms with Crippen LogP contribution in [0, 0.1) is 0 Å². The minimum atomic E-state index is -1.39. The lowest BCUT2D eigenvalue weighted by Crippen LogP contribution is -2.52. The van der Waals surface area contributed by atoms with Gasteiger partial charge in [-0.2, -0.15) is 0 Å². The highest BCUT2D eigenvalue weighted by molar-refractivity contribution is 4.83. The number of nitrogens with zero attached hydrogens (tertiary/aromatic N) is 1. The van der Waals surface area contributed by atoms with Crippen molar-refractivity contribution in [1.29, 1.82) is 0 Å². The number of hydrogen-bond donors (Lipinski definition) is 3. The van der Waals surface area contributed by atoms with Gasteiger partial charge in [0.05, 0.1) is 13.2 Å². The molecule has 3 N–H and O–H groups in total. The summed E-state index contributed by atoms with van der Waals surface area (Å²) >= 11 is 0. The van der Waals surface area contributed by atoms with Gasteiger partial charge in [0.25, 0.3) is 0 Å². The second-order valence-corrected chi connectivity index (χ2v) is 4.40. The zero-order valence-electron chi connectivity index (χ0n) is 9.56. The molecule has 0 fully saturated rings. The van der Waals surface area contributed by atoms with Gasteiger partial charge in [0, 0.05) is 18.6 Å². The van der Waals surface area contributed by atoms with Crippen LogP contribution in [-0.4, -0.2) is 57.7 Å². The van der Waals surface area contributed by atoms with E-state index in [-0.39, 0.29) is 18.6 Å². The predicted octanol–water partition coefficient (Wildman–Crippen LogP) is -0.179. The summed E-state index contributed by atoms with van der Waals surface area (Å²) < 4.78 is 0. The minimum absolute atomic E-state index is 0.277. The number of aliphatic hydroxyl groups is 3. The Kier molecular flexibility index (Phi) is 5.59. The fourth-order valence-electron chi connectivity index (χ4n) is 1.45. The normalized spacial score (nSPS) is 13.3. The largest absolute Gasteiger partial charge is 0.393 e. The van der Waals surface area contributed by atoms with Crippen LogP contribution < -0.4 is 0 Å². The second kappa shape index (κ2) is 5.66. The van der Waals surface area contributed by atoms with Crippen LogP contribution in [0.1, 0.15) is 27.7 Å². The van der Waals surface area contributed by atoms with Gasteiger partial charge in [0.1, 0.15) is 5.60 Å². The molecule has 0 aromatic carbocycles. The molecule has 14 heavy (non-hydrogen) atoms. The van der Waals surface area contributed by atoms with Crippen molar-refractivity contribution >= 4 is 0 Å². The van der Waals surface area contributed by atoms with E-state index in [9.17, 15) is 5.11 Å². The van der Waals surface area contributed by atoms with E-state index < -0.39 is 18.8 Å². The summed E-state index contributed by atoms with van der Waals surface area (Å²) in [4.78, 5) is 2.03. The first kappa shape index (κ1) is 13.8. The molecule has 0 aromatic rings. The summed E-state index contributed by atoms with van der Waals surface area (Å²) in [6.07, 6.45) is 0. The van der Waals surface area contributed by atoms with Gasteiger partial charge in [-0.3, -0.25) is 4.90 Å². The van der Waals surface area contributed by atoms with Crippen molar-refractivity contribution in [2.45, 2.75) is 45.4 Å². The van der Waals surface area contributed by atoms with Gasteiger partial charge >= 0.3 is 0 Å². The SMILES string of the molecule is CC(C)N(CC(O)(CO)CO)C(C)C. The second-order valence-electron chi connectivity index (χ2n) is 4.40. The Bertz CT molecular complexity index is 147. The highest BCUT2D eigenvalue weighted by Gasteiger charge is 2.30. The maximum atomic E-state index is 9.76. The van der Waals surface area contributed by atoms with Crippen molar-refractivity contribution in [2.75, 3.05) is 19.8 Å². The van der Waals surface area contributed by atoms with Crippen LogP contribution in [0.3, 0.4) is 0 Å². The van der Waals surface area contributed by atoms with Gasteiger partial charge in [0.2, 0.25) is 0 Å². The first-order chi connectivity index (χ1) is 6.36. The molecule has 0 bridgehead atoms. The summed E-state index contributed by atoms with van der Waals surface area (Å²) in [5, 5.41) is 27.7. The Balaban J connectivity index is 4.42. The lowest BCUT2D eigenvalue weighted by atomic mass is 10.0. The standard InChI is InChI=1S/C10H23NO3/c1-8(2)11(9(3)4)5-10(14,6-12)7-13/h8-9,12-14H,5-7H2,1-4H3. The summed E-state index contributed by atoms with van der Waals surface area (Å²) in [6, 6.07) is 0.555. The molecular formula is C10H23NO3. The van der Waals surface area contributed by atoms with Gasteiger partial charge < -0.3 is 15.3 Å². The van der Waals surface area contributed by atoms with Crippen molar-refractivity contribution in [3.05, 3.63) is 0 Å². The number of hydrogen-bond acceptors (Lipinski definition) is 4. The van der Waals surface area contributed by atoms with Crippen LogP contribution in [0.2, 0.25) is 0 Å². The fraction of sp³-hybridized carbons (Fsp3) is 1.00. The quantitative estimate of drug-likeness (QED) is 0.563. The summed E-state index contributed by atoms with van der Waals surface area (Å²) in [5.74, 6) is 0. The van der Waals surface area contributed by atoms with E-state index in [0.717, 1.165) is 0 Å². The van der Waals surface area contributed by atoms with Crippen LogP contribution >= 0.6 is 0 Å². The molecule has 0 atom stereocenters. The van der Waals surface area contributed by atoms with Crippen LogP contribution in [0.4, 0.5) is 0 Å². The molecule has 0 aliphatic rings. The van der Waals surface area contributed by atoms with Gasteiger partial charge in [-0.05, 0) is 27.7 Å². The third-order valence-corrected chi connectivity index (χ3v) is 2.39. The first-order valence-corrected chi connectivity index (χ1v) is 5.06. The van der Waals surface area contributed by atoms with E-state index in [4.69, 9.17) is 10.2 Å². The molecule has 0 unspecified atom stereocenters. The molecule has 0 amide bonds. The van der Waals surface area contributed by atoms with Crippen LogP contribution in [-0.2, 0) is 0 Å². The third kappa shape index (κ3) is 3.92. The molecule has 0 spiro atoms. The first-order valence-electron chi connectivity index (χ1n) is 5.06. The number of aliphatic hydroxyl groups excluding tert-OH is 2. The Hall–Kier alpha value is -0.160.